The second-order valence-electron chi connectivity index (χ2n) is 4.86. The highest BCUT2D eigenvalue weighted by atomic mass is 79.9. The number of carbonyl (C=O) groups is 1. The summed E-state index contributed by atoms with van der Waals surface area (Å²) in [6, 6.07) is 6.26. The molecule has 0 aromatic heterocycles. The quantitative estimate of drug-likeness (QED) is 0.827. The van der Waals surface area contributed by atoms with E-state index >= 15 is 0 Å². The van der Waals surface area contributed by atoms with E-state index in [1.165, 1.54) is 5.56 Å². The molecule has 5 heteroatoms. The molecule has 0 aliphatic rings. The Labute approximate surface area is 130 Å². The van der Waals surface area contributed by atoms with Crippen LogP contribution in [0.5, 0.6) is 0 Å². The largest absolute Gasteiger partial charge is 0.362 e. The number of amides is 1. The summed E-state index contributed by atoms with van der Waals surface area (Å²) in [5.74, 6) is 0.111. The number of halogens is 1. The fourth-order valence-electron chi connectivity index (χ4n) is 1.83. The van der Waals surface area contributed by atoms with E-state index in [2.05, 4.69) is 58.2 Å². The van der Waals surface area contributed by atoms with E-state index in [-0.39, 0.29) is 5.91 Å². The van der Waals surface area contributed by atoms with Crippen LogP contribution in [0.1, 0.15) is 19.4 Å². The van der Waals surface area contributed by atoms with Gasteiger partial charge in [-0.3, -0.25) is 4.79 Å². The van der Waals surface area contributed by atoms with Crippen LogP contribution in [0.15, 0.2) is 22.7 Å². The molecule has 0 atom stereocenters. The number of nitrogens with one attached hydrogen (secondary N) is 1. The van der Waals surface area contributed by atoms with Crippen molar-refractivity contribution in [1.29, 1.82) is 0 Å². The topological polar surface area (TPSA) is 35.6 Å². The van der Waals surface area contributed by atoms with Crippen LogP contribution in [0.25, 0.3) is 0 Å². The fraction of sp³-hybridized carbons (Fsp3) is 0.533. The van der Waals surface area contributed by atoms with Crippen LogP contribution in [-0.4, -0.2) is 44.5 Å². The van der Waals surface area contributed by atoms with Crippen molar-refractivity contribution in [2.75, 3.05) is 38.6 Å². The Morgan fingerprint density at radius 2 is 2.00 bits per heavy atom. The zero-order chi connectivity index (χ0) is 15.1. The van der Waals surface area contributed by atoms with Gasteiger partial charge in [0.1, 0.15) is 0 Å². The second-order valence-corrected chi connectivity index (χ2v) is 5.71. The molecule has 0 bridgehead atoms. The summed E-state index contributed by atoms with van der Waals surface area (Å²) in [6.07, 6.45) is 0. The van der Waals surface area contributed by atoms with Gasteiger partial charge in [-0.15, -0.1) is 0 Å². The van der Waals surface area contributed by atoms with Crippen LogP contribution >= 0.6 is 15.9 Å². The van der Waals surface area contributed by atoms with Gasteiger partial charge >= 0.3 is 0 Å². The van der Waals surface area contributed by atoms with Gasteiger partial charge in [-0.05, 0) is 31.2 Å². The highest BCUT2D eigenvalue weighted by molar-refractivity contribution is 9.10. The third-order valence-corrected chi connectivity index (χ3v) is 3.91. The van der Waals surface area contributed by atoms with Crippen molar-refractivity contribution in [3.63, 3.8) is 0 Å². The predicted octanol–water partition coefficient (Wildman–Crippen LogP) is 2.47. The standard InChI is InChI=1S/C15H24BrN3O/c1-5-17-10-12-7-8-13(9-14(12)16)19(6-2)11-15(20)18(3)4/h7-9,17H,5-6,10-11H2,1-4H3. The Bertz CT molecular complexity index is 449. The van der Waals surface area contributed by atoms with Gasteiger partial charge in [0.25, 0.3) is 0 Å². The number of carbonyl (C=O) groups excluding carboxylic acids is 1. The number of likely N-dealkylation sites (N-methyl/N-ethyl adjacent to an activating group) is 2. The molecular weight excluding hydrogens is 318 g/mol. The van der Waals surface area contributed by atoms with Crippen molar-refractivity contribution in [1.82, 2.24) is 10.2 Å². The maximum atomic E-state index is 11.8. The van der Waals surface area contributed by atoms with E-state index in [4.69, 9.17) is 0 Å². The van der Waals surface area contributed by atoms with Gasteiger partial charge in [-0.2, -0.15) is 0 Å². The molecule has 0 fully saturated rings. The molecule has 0 aliphatic heterocycles. The first kappa shape index (κ1) is 17.0. The maximum Gasteiger partial charge on any atom is 0.241 e. The lowest BCUT2D eigenvalue weighted by molar-refractivity contribution is -0.127. The zero-order valence-corrected chi connectivity index (χ0v) is 14.3. The van der Waals surface area contributed by atoms with Crippen molar-refractivity contribution in [2.24, 2.45) is 0 Å². The molecule has 1 aromatic rings. The Kier molecular flexibility index (Phi) is 7.02. The first-order valence-electron chi connectivity index (χ1n) is 6.93. The Morgan fingerprint density at radius 1 is 1.30 bits per heavy atom. The van der Waals surface area contributed by atoms with E-state index in [1.807, 2.05) is 0 Å². The van der Waals surface area contributed by atoms with Gasteiger partial charge in [-0.1, -0.05) is 28.9 Å². The van der Waals surface area contributed by atoms with Crippen LogP contribution in [0, 0.1) is 0 Å². The highest BCUT2D eigenvalue weighted by Gasteiger charge is 2.12. The van der Waals surface area contributed by atoms with Crippen molar-refractivity contribution < 1.29 is 4.79 Å². The lowest BCUT2D eigenvalue weighted by atomic mass is 10.2. The van der Waals surface area contributed by atoms with Gasteiger partial charge in [0.2, 0.25) is 5.91 Å². The molecule has 1 amide bonds. The van der Waals surface area contributed by atoms with Crippen molar-refractivity contribution >= 4 is 27.5 Å². The summed E-state index contributed by atoms with van der Waals surface area (Å²) in [4.78, 5) is 15.5. The van der Waals surface area contributed by atoms with Gasteiger partial charge in [-0.25, -0.2) is 0 Å². The second kappa shape index (κ2) is 8.27. The number of hydrogen-bond donors (Lipinski definition) is 1. The van der Waals surface area contributed by atoms with Crippen LogP contribution < -0.4 is 10.2 Å². The number of hydrogen-bond acceptors (Lipinski definition) is 3. The SMILES string of the molecule is CCNCc1ccc(N(CC)CC(=O)N(C)C)cc1Br. The first-order valence-corrected chi connectivity index (χ1v) is 7.73. The summed E-state index contributed by atoms with van der Waals surface area (Å²) in [5, 5.41) is 3.31. The molecule has 20 heavy (non-hydrogen) atoms. The number of anilines is 1. The molecule has 112 valence electrons. The predicted molar refractivity (Wildman–Crippen MR) is 88.1 cm³/mol. The first-order chi connectivity index (χ1) is 9.49. The third kappa shape index (κ3) is 4.80. The lowest BCUT2D eigenvalue weighted by Crippen LogP contribution is -2.36. The molecule has 0 radical (unpaired) electrons. The van der Waals surface area contributed by atoms with Crippen LogP contribution in [0.2, 0.25) is 0 Å². The monoisotopic (exact) mass is 341 g/mol. The van der Waals surface area contributed by atoms with Crippen LogP contribution in [0.4, 0.5) is 5.69 Å². The average Bonchev–Trinajstić information content (AvgIpc) is 2.43. The molecule has 1 rings (SSSR count). The molecule has 4 nitrogen and oxygen atoms in total. The lowest BCUT2D eigenvalue weighted by Gasteiger charge is -2.25. The number of nitrogens with zero attached hydrogens (tertiary/aromatic N) is 2. The smallest absolute Gasteiger partial charge is 0.241 e. The maximum absolute atomic E-state index is 11.8. The molecule has 0 saturated heterocycles. The molecule has 0 spiro atoms. The van der Waals surface area contributed by atoms with E-state index < -0.39 is 0 Å². The zero-order valence-electron chi connectivity index (χ0n) is 12.7. The summed E-state index contributed by atoms with van der Waals surface area (Å²) in [5.41, 5.74) is 2.29. The molecule has 0 unspecified atom stereocenters. The normalized spacial score (nSPS) is 10.4. The highest BCUT2D eigenvalue weighted by Crippen LogP contribution is 2.24. The van der Waals surface area contributed by atoms with Crippen molar-refractivity contribution in [3.05, 3.63) is 28.2 Å². The van der Waals surface area contributed by atoms with Gasteiger partial charge in [0.05, 0.1) is 6.54 Å². The molecule has 0 aliphatic carbocycles. The van der Waals surface area contributed by atoms with Crippen molar-refractivity contribution in [3.8, 4) is 0 Å². The van der Waals surface area contributed by atoms with Crippen LogP contribution in [-0.2, 0) is 11.3 Å². The van der Waals surface area contributed by atoms with Gasteiger partial charge in [0, 0.05) is 37.3 Å². The van der Waals surface area contributed by atoms with Gasteiger partial charge < -0.3 is 15.1 Å². The third-order valence-electron chi connectivity index (χ3n) is 3.17. The minimum atomic E-state index is 0.111. The molecular formula is C15H24BrN3O. The number of rotatable bonds is 7. The van der Waals surface area contributed by atoms with E-state index in [9.17, 15) is 4.79 Å². The van der Waals surface area contributed by atoms with Crippen molar-refractivity contribution in [2.45, 2.75) is 20.4 Å². The minimum Gasteiger partial charge on any atom is -0.362 e. The summed E-state index contributed by atoms with van der Waals surface area (Å²) >= 11 is 3.61. The summed E-state index contributed by atoms with van der Waals surface area (Å²) < 4.78 is 1.08. The summed E-state index contributed by atoms with van der Waals surface area (Å²) in [7, 11) is 3.57. The Hall–Kier alpha value is -1.07. The Balaban J connectivity index is 2.83. The average molecular weight is 342 g/mol. The van der Waals surface area contributed by atoms with E-state index in [0.29, 0.717) is 6.54 Å². The number of benzene rings is 1. The van der Waals surface area contributed by atoms with Crippen LogP contribution in [0.3, 0.4) is 0 Å². The Morgan fingerprint density at radius 3 is 2.50 bits per heavy atom. The molecule has 0 heterocycles. The molecule has 0 saturated carbocycles. The fourth-order valence-corrected chi connectivity index (χ4v) is 2.33. The van der Waals surface area contributed by atoms with E-state index in [1.54, 1.807) is 19.0 Å². The summed E-state index contributed by atoms with van der Waals surface area (Å²) in [6.45, 7) is 7.16. The van der Waals surface area contributed by atoms with E-state index in [0.717, 1.165) is 29.8 Å². The minimum absolute atomic E-state index is 0.111. The molecule has 1 N–H and O–H groups in total. The molecule has 1 aromatic carbocycles. The van der Waals surface area contributed by atoms with Gasteiger partial charge in [0.15, 0.2) is 0 Å².